The number of sulfonamides is 1. The van der Waals surface area contributed by atoms with E-state index in [1.807, 2.05) is 36.4 Å². The van der Waals surface area contributed by atoms with Gasteiger partial charge < -0.3 is 14.4 Å². The van der Waals surface area contributed by atoms with E-state index in [0.717, 1.165) is 42.5 Å². The lowest BCUT2D eigenvalue weighted by molar-refractivity contribution is 0.0206. The molecule has 1 N–H and O–H groups in total. The van der Waals surface area contributed by atoms with Gasteiger partial charge in [0.05, 0.1) is 40.4 Å². The number of benzene rings is 2. The van der Waals surface area contributed by atoms with Crippen molar-refractivity contribution in [1.29, 1.82) is 5.26 Å². The third kappa shape index (κ3) is 6.11. The van der Waals surface area contributed by atoms with Crippen molar-refractivity contribution >= 4 is 33.3 Å². The summed E-state index contributed by atoms with van der Waals surface area (Å²) in [4.78, 5) is 10.3. The summed E-state index contributed by atoms with van der Waals surface area (Å²) in [5, 5.41) is 10.6. The first-order valence-corrected chi connectivity index (χ1v) is 14.9. The Kier molecular flexibility index (Phi) is 7.18. The molecule has 9 nitrogen and oxygen atoms in total. The van der Waals surface area contributed by atoms with Crippen LogP contribution in [0.2, 0.25) is 5.02 Å². The maximum absolute atomic E-state index is 11.4. The van der Waals surface area contributed by atoms with Crippen molar-refractivity contribution in [2.75, 3.05) is 35.6 Å². The minimum absolute atomic E-state index is 0.00205. The van der Waals surface area contributed by atoms with E-state index in [1.54, 1.807) is 6.07 Å². The van der Waals surface area contributed by atoms with E-state index < -0.39 is 15.4 Å². The monoisotopic (exact) mass is 567 g/mol. The topological polar surface area (TPSA) is 117 Å². The third-order valence-electron chi connectivity index (χ3n) is 7.23. The Morgan fingerprint density at radius 1 is 1.21 bits per heavy atom. The summed E-state index contributed by atoms with van der Waals surface area (Å²) < 4.78 is 36.9. The maximum atomic E-state index is 11.4. The fourth-order valence-electron chi connectivity index (χ4n) is 4.83. The van der Waals surface area contributed by atoms with Gasteiger partial charge >= 0.3 is 0 Å². The smallest absolute Gasteiger partial charge is 0.236 e. The van der Waals surface area contributed by atoms with Crippen LogP contribution in [0.1, 0.15) is 49.1 Å². The summed E-state index contributed by atoms with van der Waals surface area (Å²) in [5.41, 5.74) is 3.38. The number of ether oxygens (including phenoxy) is 2. The van der Waals surface area contributed by atoms with Crippen molar-refractivity contribution in [3.8, 4) is 11.8 Å². The molecule has 11 heteroatoms. The number of aromatic nitrogens is 2. The Hall–Kier alpha value is -3.39. The first-order valence-electron chi connectivity index (χ1n) is 12.6. The van der Waals surface area contributed by atoms with E-state index in [2.05, 4.69) is 39.5 Å². The zero-order valence-corrected chi connectivity index (χ0v) is 23.6. The van der Waals surface area contributed by atoms with Crippen LogP contribution in [-0.4, -0.2) is 49.9 Å². The number of nitriles is 1. The van der Waals surface area contributed by atoms with E-state index in [9.17, 15) is 13.7 Å². The first kappa shape index (κ1) is 27.2. The highest BCUT2D eigenvalue weighted by atomic mass is 35.5. The molecule has 2 fully saturated rings. The molecule has 0 radical (unpaired) electrons. The number of morpholine rings is 1. The van der Waals surface area contributed by atoms with E-state index in [-0.39, 0.29) is 18.2 Å². The predicted molar refractivity (Wildman–Crippen MR) is 150 cm³/mol. The van der Waals surface area contributed by atoms with Gasteiger partial charge in [-0.05, 0) is 54.3 Å². The molecule has 0 amide bonds. The van der Waals surface area contributed by atoms with Gasteiger partial charge in [0.15, 0.2) is 0 Å². The standard InChI is InChI=1S/C28H30ClN5O4S/c1-27(2,21-14-19(16-30)25(24(29)15-21)34-12-13-38-28(18-34)9-10-28)20-4-6-23(7-5-20)37-17-22-8-11-31-26(32-22)33-39(3,35)36/h4-8,11,14-15H,9-10,12-13,17-18H2,1-3H3,(H,31,32,33). The van der Waals surface area contributed by atoms with Crippen molar-refractivity contribution in [2.45, 2.75) is 44.3 Å². The number of rotatable bonds is 8. The normalized spacial score (nSPS) is 16.5. The lowest BCUT2D eigenvalue weighted by Gasteiger charge is -2.36. The van der Waals surface area contributed by atoms with Crippen LogP contribution in [-0.2, 0) is 26.8 Å². The zero-order valence-electron chi connectivity index (χ0n) is 22.1. The minimum Gasteiger partial charge on any atom is -0.487 e. The number of hydrogen-bond donors (Lipinski definition) is 1. The summed E-state index contributed by atoms with van der Waals surface area (Å²) in [6.45, 7) is 6.45. The molecule has 2 heterocycles. The van der Waals surface area contributed by atoms with Crippen molar-refractivity contribution in [3.63, 3.8) is 0 Å². The van der Waals surface area contributed by atoms with Crippen LogP contribution in [0.5, 0.6) is 5.75 Å². The summed E-state index contributed by atoms with van der Waals surface area (Å²) in [6.07, 6.45) is 4.61. The second-order valence-electron chi connectivity index (χ2n) is 10.6. The lowest BCUT2D eigenvalue weighted by atomic mass is 9.77. The van der Waals surface area contributed by atoms with Gasteiger partial charge in [-0.25, -0.2) is 18.4 Å². The van der Waals surface area contributed by atoms with Crippen LogP contribution in [0, 0.1) is 11.3 Å². The fraction of sp³-hybridized carbons (Fsp3) is 0.393. The van der Waals surface area contributed by atoms with Crippen molar-refractivity contribution in [1.82, 2.24) is 9.97 Å². The molecule has 2 aromatic carbocycles. The third-order valence-corrected chi connectivity index (χ3v) is 8.07. The lowest BCUT2D eigenvalue weighted by Crippen LogP contribution is -2.44. The Morgan fingerprint density at radius 2 is 1.95 bits per heavy atom. The molecule has 0 atom stereocenters. The highest BCUT2D eigenvalue weighted by molar-refractivity contribution is 7.91. The molecule has 0 unspecified atom stereocenters. The van der Waals surface area contributed by atoms with E-state index >= 15 is 0 Å². The molecule has 1 aliphatic carbocycles. The first-order chi connectivity index (χ1) is 18.5. The Morgan fingerprint density at radius 3 is 2.62 bits per heavy atom. The summed E-state index contributed by atoms with van der Waals surface area (Å²) in [6, 6.07) is 15.7. The van der Waals surface area contributed by atoms with Crippen LogP contribution in [0.4, 0.5) is 11.6 Å². The molecular weight excluding hydrogens is 538 g/mol. The van der Waals surface area contributed by atoms with Gasteiger partial charge in [0.1, 0.15) is 18.4 Å². The summed E-state index contributed by atoms with van der Waals surface area (Å²) in [5.74, 6) is 0.635. The van der Waals surface area contributed by atoms with Gasteiger partial charge in [-0.1, -0.05) is 37.6 Å². The molecule has 1 aromatic heterocycles. The van der Waals surface area contributed by atoms with Crippen LogP contribution >= 0.6 is 11.6 Å². The number of halogens is 1. The van der Waals surface area contributed by atoms with Crippen LogP contribution in [0.3, 0.4) is 0 Å². The maximum Gasteiger partial charge on any atom is 0.236 e. The quantitative estimate of drug-likeness (QED) is 0.418. The van der Waals surface area contributed by atoms with Gasteiger partial charge in [0.2, 0.25) is 16.0 Å². The minimum atomic E-state index is -3.47. The molecule has 1 saturated carbocycles. The molecule has 204 valence electrons. The molecule has 0 bridgehead atoms. The van der Waals surface area contributed by atoms with Gasteiger partial charge in [-0.3, -0.25) is 4.72 Å². The van der Waals surface area contributed by atoms with Crippen molar-refractivity contribution < 1.29 is 17.9 Å². The Bertz CT molecular complexity index is 1530. The SMILES string of the molecule is CC(C)(c1ccc(OCc2ccnc(NS(C)(=O)=O)n2)cc1)c1cc(Cl)c(N2CCOC3(CC3)C2)c(C#N)c1. The molecule has 39 heavy (non-hydrogen) atoms. The molecule has 2 aliphatic rings. The number of anilines is 2. The van der Waals surface area contributed by atoms with Crippen LogP contribution < -0.4 is 14.4 Å². The molecule has 3 aromatic rings. The van der Waals surface area contributed by atoms with E-state index in [1.165, 1.54) is 6.20 Å². The molecule has 5 rings (SSSR count). The molecule has 1 saturated heterocycles. The Balaban J connectivity index is 1.31. The van der Waals surface area contributed by atoms with Crippen LogP contribution in [0.15, 0.2) is 48.7 Å². The number of nitrogens with zero attached hydrogens (tertiary/aromatic N) is 4. The Labute approximate surface area is 233 Å². The molecule has 1 spiro atoms. The largest absolute Gasteiger partial charge is 0.487 e. The zero-order chi connectivity index (χ0) is 27.8. The second-order valence-corrected chi connectivity index (χ2v) is 12.8. The van der Waals surface area contributed by atoms with Crippen molar-refractivity contribution in [2.24, 2.45) is 0 Å². The average molecular weight is 568 g/mol. The predicted octanol–water partition coefficient (Wildman–Crippen LogP) is 4.65. The highest BCUT2D eigenvalue weighted by Gasteiger charge is 2.48. The van der Waals surface area contributed by atoms with Gasteiger partial charge in [-0.2, -0.15) is 5.26 Å². The van der Waals surface area contributed by atoms with Crippen molar-refractivity contribution in [3.05, 3.63) is 76.1 Å². The van der Waals surface area contributed by atoms with Gasteiger partial charge in [0, 0.05) is 24.7 Å². The summed E-state index contributed by atoms with van der Waals surface area (Å²) in [7, 11) is -3.47. The highest BCUT2D eigenvalue weighted by Crippen LogP contribution is 2.45. The van der Waals surface area contributed by atoms with Gasteiger partial charge in [0.25, 0.3) is 0 Å². The molecule has 1 aliphatic heterocycles. The van der Waals surface area contributed by atoms with Crippen LogP contribution in [0.25, 0.3) is 0 Å². The fourth-order valence-corrected chi connectivity index (χ4v) is 5.60. The average Bonchev–Trinajstić information content (AvgIpc) is 3.64. The number of hydrogen-bond acceptors (Lipinski definition) is 8. The molecular formula is C28H30ClN5O4S. The second kappa shape index (κ2) is 10.3. The number of nitrogens with one attached hydrogen (secondary N) is 1. The van der Waals surface area contributed by atoms with Gasteiger partial charge in [-0.15, -0.1) is 0 Å². The van der Waals surface area contributed by atoms with E-state index in [4.69, 9.17) is 21.1 Å². The van der Waals surface area contributed by atoms with E-state index in [0.29, 0.717) is 35.2 Å². The summed E-state index contributed by atoms with van der Waals surface area (Å²) >= 11 is 6.82.